The number of nitrogens with two attached hydrogens (primary N) is 1. The number of carbonyl (C=O) groups excluding carboxylic acids is 1. The van der Waals surface area contributed by atoms with Gasteiger partial charge in [-0.05, 0) is 31.5 Å². The number of nitrogens with zero attached hydrogens (tertiary/aromatic N) is 7. The smallest absolute Gasteiger partial charge is 0.285 e. The minimum Gasteiger partial charge on any atom is -0.368 e. The number of anilines is 2. The first-order valence-corrected chi connectivity index (χ1v) is 9.95. The topological polar surface area (TPSA) is 124 Å². The van der Waals surface area contributed by atoms with E-state index >= 15 is 0 Å². The Morgan fingerprint density at radius 2 is 2.06 bits per heavy atom. The normalized spacial score (nSPS) is 15.3. The molecule has 0 aromatic carbocycles. The van der Waals surface area contributed by atoms with Crippen LogP contribution in [0.3, 0.4) is 0 Å². The largest absolute Gasteiger partial charge is 0.368 e. The van der Waals surface area contributed by atoms with Gasteiger partial charge in [-0.15, -0.1) is 0 Å². The highest BCUT2D eigenvalue weighted by atomic mass is 35.5. The minimum atomic E-state index is -0.334. The fourth-order valence-corrected chi connectivity index (χ4v) is 3.96. The monoisotopic (exact) mass is 470 g/mol. The van der Waals surface area contributed by atoms with Crippen molar-refractivity contribution in [3.05, 3.63) is 69.6 Å². The molecule has 1 aliphatic rings. The van der Waals surface area contributed by atoms with Crippen LogP contribution in [0.15, 0.2) is 47.7 Å². The Bertz CT molecular complexity index is 1390. The molecule has 0 spiro atoms. The molecule has 32 heavy (non-hydrogen) atoms. The zero-order valence-corrected chi connectivity index (χ0v) is 18.7. The van der Waals surface area contributed by atoms with Crippen molar-refractivity contribution in [2.24, 2.45) is 0 Å². The van der Waals surface area contributed by atoms with E-state index in [0.29, 0.717) is 41.0 Å². The SMILES string of the molecule is CC(=O)c1cnc(N)nc1N1CCC1c1nn2ccc(Cl)c2c(=O)n1-c1ccccn1.S. The van der Waals surface area contributed by atoms with E-state index in [1.807, 2.05) is 4.90 Å². The van der Waals surface area contributed by atoms with Crippen LogP contribution in [0.1, 0.15) is 35.6 Å². The van der Waals surface area contributed by atoms with Crippen LogP contribution in [0.4, 0.5) is 11.8 Å². The number of rotatable bonds is 4. The number of hydrogen-bond acceptors (Lipinski definition) is 8. The van der Waals surface area contributed by atoms with Gasteiger partial charge in [0.05, 0.1) is 16.6 Å². The molecule has 0 bridgehead atoms. The van der Waals surface area contributed by atoms with Crippen LogP contribution in [-0.4, -0.2) is 41.5 Å². The summed E-state index contributed by atoms with van der Waals surface area (Å²) in [5.74, 6) is 1.19. The van der Waals surface area contributed by atoms with E-state index in [0.717, 1.165) is 0 Å². The van der Waals surface area contributed by atoms with Crippen LogP contribution in [0.2, 0.25) is 5.02 Å². The molecule has 2 N–H and O–H groups in total. The first-order chi connectivity index (χ1) is 15.0. The third kappa shape index (κ3) is 3.39. The molecule has 0 aliphatic carbocycles. The maximum absolute atomic E-state index is 13.4. The van der Waals surface area contributed by atoms with E-state index in [-0.39, 0.29) is 42.3 Å². The quantitative estimate of drug-likeness (QED) is 0.450. The summed E-state index contributed by atoms with van der Waals surface area (Å²) in [4.78, 5) is 40.0. The summed E-state index contributed by atoms with van der Waals surface area (Å²) in [5.41, 5.74) is 6.08. The zero-order valence-electron chi connectivity index (χ0n) is 16.9. The third-order valence-corrected chi connectivity index (χ3v) is 5.60. The summed E-state index contributed by atoms with van der Waals surface area (Å²) in [6, 6.07) is 6.58. The van der Waals surface area contributed by atoms with Gasteiger partial charge in [0.15, 0.2) is 11.6 Å². The molecule has 5 rings (SSSR count). The Hall–Kier alpha value is -3.44. The Labute approximate surface area is 194 Å². The number of pyridine rings is 1. The lowest BCUT2D eigenvalue weighted by atomic mass is 10.0. The van der Waals surface area contributed by atoms with E-state index < -0.39 is 0 Å². The molecule has 1 unspecified atom stereocenters. The molecule has 1 saturated heterocycles. The van der Waals surface area contributed by atoms with Gasteiger partial charge in [0, 0.05) is 25.1 Å². The average Bonchev–Trinajstić information content (AvgIpc) is 3.09. The molecule has 1 atom stereocenters. The highest BCUT2D eigenvalue weighted by Gasteiger charge is 2.37. The number of halogens is 1. The third-order valence-electron chi connectivity index (χ3n) is 5.30. The number of fused-ring (bicyclic) bond motifs is 1. The van der Waals surface area contributed by atoms with Crippen molar-refractivity contribution in [3.8, 4) is 5.82 Å². The van der Waals surface area contributed by atoms with Gasteiger partial charge in [0.1, 0.15) is 17.2 Å². The number of carbonyl (C=O) groups is 1. The van der Waals surface area contributed by atoms with Gasteiger partial charge >= 0.3 is 0 Å². The lowest BCUT2D eigenvalue weighted by molar-refractivity contribution is 0.101. The molecule has 10 nitrogen and oxygen atoms in total. The van der Waals surface area contributed by atoms with Gasteiger partial charge in [-0.3, -0.25) is 9.59 Å². The summed E-state index contributed by atoms with van der Waals surface area (Å²) >= 11 is 6.24. The van der Waals surface area contributed by atoms with E-state index in [9.17, 15) is 9.59 Å². The average molecular weight is 471 g/mol. The number of aromatic nitrogens is 6. The lowest BCUT2D eigenvalue weighted by Gasteiger charge is -2.42. The van der Waals surface area contributed by atoms with Crippen LogP contribution in [0.25, 0.3) is 11.3 Å². The first-order valence-electron chi connectivity index (χ1n) is 9.57. The van der Waals surface area contributed by atoms with Crippen LogP contribution in [-0.2, 0) is 0 Å². The Morgan fingerprint density at radius 3 is 2.72 bits per heavy atom. The Kier molecular flexibility index (Phi) is 5.61. The molecule has 0 amide bonds. The molecule has 0 radical (unpaired) electrons. The van der Waals surface area contributed by atoms with Crippen molar-refractivity contribution >= 4 is 48.2 Å². The molecule has 4 aromatic rings. The predicted molar refractivity (Wildman–Crippen MR) is 125 cm³/mol. The van der Waals surface area contributed by atoms with Gasteiger partial charge in [-0.25, -0.2) is 19.1 Å². The van der Waals surface area contributed by atoms with Gasteiger partial charge in [-0.2, -0.15) is 23.6 Å². The van der Waals surface area contributed by atoms with Crippen molar-refractivity contribution in [2.45, 2.75) is 19.4 Å². The molecule has 1 fully saturated rings. The standard InChI is InChI=1S/C20H17ClN8O2.H2S/c1-11(30)12-10-24-20(22)25-17(12)27-8-6-14(27)18-26-28-9-5-13(21)16(28)19(31)29(18)15-4-2-3-7-23-15;/h2-5,7,9-10,14H,6,8H2,1H3,(H2,22,24,25);1H2. The molecular formula is C20H19ClN8O2S. The highest BCUT2D eigenvalue weighted by Crippen LogP contribution is 2.38. The first kappa shape index (κ1) is 21.8. The molecular weight excluding hydrogens is 452 g/mol. The van der Waals surface area contributed by atoms with E-state index in [1.54, 1.807) is 36.7 Å². The molecule has 12 heteroatoms. The summed E-state index contributed by atoms with van der Waals surface area (Å²) in [6.07, 6.45) is 5.36. The lowest BCUT2D eigenvalue weighted by Crippen LogP contribution is -2.46. The molecule has 5 heterocycles. The van der Waals surface area contributed by atoms with Gasteiger partial charge in [0.2, 0.25) is 5.95 Å². The van der Waals surface area contributed by atoms with Gasteiger partial charge in [-0.1, -0.05) is 17.7 Å². The van der Waals surface area contributed by atoms with Crippen LogP contribution < -0.4 is 16.2 Å². The second-order valence-electron chi connectivity index (χ2n) is 7.16. The fourth-order valence-electron chi connectivity index (χ4n) is 3.73. The Balaban J connectivity index is 0.00000245. The summed E-state index contributed by atoms with van der Waals surface area (Å²) in [7, 11) is 0. The summed E-state index contributed by atoms with van der Waals surface area (Å²) < 4.78 is 2.92. The van der Waals surface area contributed by atoms with E-state index in [1.165, 1.54) is 22.2 Å². The van der Waals surface area contributed by atoms with Crippen molar-refractivity contribution < 1.29 is 4.79 Å². The molecule has 0 saturated carbocycles. The van der Waals surface area contributed by atoms with Crippen molar-refractivity contribution in [3.63, 3.8) is 0 Å². The van der Waals surface area contributed by atoms with Crippen molar-refractivity contribution in [1.29, 1.82) is 0 Å². The summed E-state index contributed by atoms with van der Waals surface area (Å²) in [6.45, 7) is 2.06. The Morgan fingerprint density at radius 1 is 1.25 bits per heavy atom. The maximum Gasteiger partial charge on any atom is 0.285 e. The number of ketones is 1. The van der Waals surface area contributed by atoms with Crippen molar-refractivity contribution in [1.82, 2.24) is 29.1 Å². The van der Waals surface area contributed by atoms with Gasteiger partial charge in [0.25, 0.3) is 5.56 Å². The van der Waals surface area contributed by atoms with Crippen LogP contribution in [0, 0.1) is 0 Å². The number of hydrogen-bond donors (Lipinski definition) is 1. The highest BCUT2D eigenvalue weighted by molar-refractivity contribution is 7.59. The molecule has 1 aliphatic heterocycles. The van der Waals surface area contributed by atoms with Crippen molar-refractivity contribution in [2.75, 3.05) is 17.2 Å². The zero-order chi connectivity index (χ0) is 21.7. The predicted octanol–water partition coefficient (Wildman–Crippen LogP) is 2.17. The molecule has 164 valence electrons. The van der Waals surface area contributed by atoms with E-state index in [2.05, 4.69) is 20.1 Å². The van der Waals surface area contributed by atoms with Gasteiger partial charge < -0.3 is 10.6 Å². The van der Waals surface area contributed by atoms with Crippen LogP contribution >= 0.6 is 25.1 Å². The fraction of sp³-hybridized carbons (Fsp3) is 0.200. The van der Waals surface area contributed by atoms with E-state index in [4.69, 9.17) is 17.3 Å². The summed E-state index contributed by atoms with van der Waals surface area (Å²) in [5, 5.41) is 4.99. The number of nitrogen functional groups attached to an aromatic ring is 1. The second-order valence-corrected chi connectivity index (χ2v) is 7.57. The molecule has 4 aromatic heterocycles. The number of Topliss-reactive ketones (excluding diaryl/α,β-unsaturated/α-hetero) is 1. The minimum absolute atomic E-state index is 0. The van der Waals surface area contributed by atoms with Crippen LogP contribution in [0.5, 0.6) is 0 Å². The maximum atomic E-state index is 13.4. The second kappa shape index (κ2) is 8.24.